The number of nitrogens with zero attached hydrogens (tertiary/aromatic N) is 3. The molecular weight excluding hydrogens is 382 g/mol. The second-order valence-electron chi connectivity index (χ2n) is 7.20. The molecule has 1 aliphatic carbocycles. The zero-order valence-corrected chi connectivity index (χ0v) is 16.9. The molecule has 1 aliphatic rings. The molecule has 1 saturated carbocycles. The molecule has 0 radical (unpaired) electrons. The Hall–Kier alpha value is -2.42. The monoisotopic (exact) mass is 407 g/mol. The van der Waals surface area contributed by atoms with Gasteiger partial charge in [-0.1, -0.05) is 13.0 Å². The van der Waals surface area contributed by atoms with Crippen LogP contribution in [0.2, 0.25) is 0 Å². The van der Waals surface area contributed by atoms with Crippen molar-refractivity contribution in [3.05, 3.63) is 28.1 Å². The molecule has 3 rings (SSSR count). The van der Waals surface area contributed by atoms with Gasteiger partial charge < -0.3 is 14.1 Å². The molecule has 0 atom stereocenters. The highest BCUT2D eigenvalue weighted by molar-refractivity contribution is 7.13. The highest BCUT2D eigenvalue weighted by Crippen LogP contribution is 2.26. The zero-order chi connectivity index (χ0) is 20.1. The fourth-order valence-electron chi connectivity index (χ4n) is 3.29. The van der Waals surface area contributed by atoms with Gasteiger partial charge in [0, 0.05) is 13.1 Å². The molecule has 152 valence electrons. The largest absolute Gasteiger partial charge is 0.456 e. The van der Waals surface area contributed by atoms with Crippen LogP contribution in [0.3, 0.4) is 0 Å². The number of ether oxygens (including phenoxy) is 1. The van der Waals surface area contributed by atoms with Crippen molar-refractivity contribution in [2.75, 3.05) is 13.7 Å². The maximum Gasteiger partial charge on any atom is 0.437 e. The summed E-state index contributed by atoms with van der Waals surface area (Å²) in [4.78, 5) is 38.5. The topological polar surface area (TPSA) is 94.6 Å². The molecule has 0 unspecified atom stereocenters. The molecule has 0 aliphatic heterocycles. The van der Waals surface area contributed by atoms with Crippen LogP contribution in [0, 0.1) is 5.92 Å². The van der Waals surface area contributed by atoms with E-state index in [4.69, 9.17) is 9.15 Å². The van der Waals surface area contributed by atoms with Crippen molar-refractivity contribution in [2.24, 2.45) is 5.92 Å². The molecule has 0 N–H and O–H groups in total. The second-order valence-corrected chi connectivity index (χ2v) is 8.15. The Morgan fingerprint density at radius 1 is 1.36 bits per heavy atom. The minimum Gasteiger partial charge on any atom is -0.456 e. The predicted octanol–water partition coefficient (Wildman–Crippen LogP) is 2.54. The lowest BCUT2D eigenvalue weighted by Crippen LogP contribution is -2.41. The SMILES string of the molecule is CC1CCC(N(C)C(=O)COC(=O)CCn2nc(-c3cccs3)oc2=O)CC1. The quantitative estimate of drug-likeness (QED) is 0.655. The van der Waals surface area contributed by atoms with Gasteiger partial charge in [-0.15, -0.1) is 16.4 Å². The lowest BCUT2D eigenvalue weighted by molar-refractivity contribution is -0.152. The Morgan fingerprint density at radius 3 is 2.79 bits per heavy atom. The molecule has 8 nitrogen and oxygen atoms in total. The van der Waals surface area contributed by atoms with Crippen molar-refractivity contribution in [3.8, 4) is 10.8 Å². The molecule has 1 fully saturated rings. The van der Waals surface area contributed by atoms with E-state index in [2.05, 4.69) is 12.0 Å². The maximum absolute atomic E-state index is 12.3. The summed E-state index contributed by atoms with van der Waals surface area (Å²) in [5.74, 6) is -0.443. The molecule has 2 aromatic heterocycles. The molecule has 2 aromatic rings. The van der Waals surface area contributed by atoms with Crippen molar-refractivity contribution in [2.45, 2.75) is 51.6 Å². The summed E-state index contributed by atoms with van der Waals surface area (Å²) in [5, 5.41) is 5.93. The lowest BCUT2D eigenvalue weighted by atomic mass is 9.87. The van der Waals surface area contributed by atoms with E-state index in [1.807, 2.05) is 11.4 Å². The number of hydrogen-bond acceptors (Lipinski definition) is 7. The van der Waals surface area contributed by atoms with Gasteiger partial charge in [0.1, 0.15) is 0 Å². The van der Waals surface area contributed by atoms with Crippen molar-refractivity contribution < 1.29 is 18.7 Å². The molecule has 9 heteroatoms. The third-order valence-corrected chi connectivity index (χ3v) is 6.01. The van der Waals surface area contributed by atoms with E-state index in [0.717, 1.165) is 35.2 Å². The fraction of sp³-hybridized carbons (Fsp3) is 0.579. The lowest BCUT2D eigenvalue weighted by Gasteiger charge is -2.33. The summed E-state index contributed by atoms with van der Waals surface area (Å²) in [7, 11) is 1.76. The van der Waals surface area contributed by atoms with Crippen molar-refractivity contribution in [1.82, 2.24) is 14.7 Å². The Labute approximate surface area is 167 Å². The summed E-state index contributed by atoms with van der Waals surface area (Å²) >= 11 is 1.41. The van der Waals surface area contributed by atoms with E-state index in [1.165, 1.54) is 11.3 Å². The average molecular weight is 407 g/mol. The first-order valence-electron chi connectivity index (χ1n) is 9.47. The van der Waals surface area contributed by atoms with Gasteiger partial charge in [0.15, 0.2) is 6.61 Å². The summed E-state index contributed by atoms with van der Waals surface area (Å²) in [5.41, 5.74) is 0. The predicted molar refractivity (Wildman–Crippen MR) is 104 cm³/mol. The number of likely N-dealkylation sites (N-methyl/N-ethyl adjacent to an activating group) is 1. The minimum absolute atomic E-state index is 0.0388. The molecular formula is C19H25N3O5S. The average Bonchev–Trinajstić information content (AvgIpc) is 3.34. The van der Waals surface area contributed by atoms with Gasteiger partial charge >= 0.3 is 11.7 Å². The molecule has 0 saturated heterocycles. The summed E-state index contributed by atoms with van der Waals surface area (Å²) < 4.78 is 11.3. The molecule has 0 aromatic carbocycles. The van der Waals surface area contributed by atoms with Crippen LogP contribution in [0.15, 0.2) is 26.7 Å². The number of amides is 1. The van der Waals surface area contributed by atoms with Crippen LogP contribution in [0.1, 0.15) is 39.0 Å². The van der Waals surface area contributed by atoms with Crippen LogP contribution >= 0.6 is 11.3 Å². The number of hydrogen-bond donors (Lipinski definition) is 0. The van der Waals surface area contributed by atoms with E-state index >= 15 is 0 Å². The van der Waals surface area contributed by atoms with Gasteiger partial charge in [0.2, 0.25) is 0 Å². The molecule has 2 heterocycles. The van der Waals surface area contributed by atoms with Gasteiger partial charge in [-0.3, -0.25) is 9.59 Å². The van der Waals surface area contributed by atoms with Crippen LogP contribution < -0.4 is 5.76 Å². The fourth-order valence-corrected chi connectivity index (χ4v) is 3.94. The number of esters is 1. The molecule has 0 spiro atoms. The van der Waals surface area contributed by atoms with E-state index in [-0.39, 0.29) is 37.4 Å². The number of aromatic nitrogens is 2. The summed E-state index contributed by atoms with van der Waals surface area (Å²) in [6, 6.07) is 3.84. The van der Waals surface area contributed by atoms with Gasteiger partial charge in [-0.05, 0) is 43.0 Å². The Morgan fingerprint density at radius 2 is 2.11 bits per heavy atom. The van der Waals surface area contributed by atoms with Gasteiger partial charge in [-0.25, -0.2) is 4.79 Å². The van der Waals surface area contributed by atoms with Crippen LogP contribution in [-0.2, 0) is 20.9 Å². The highest BCUT2D eigenvalue weighted by Gasteiger charge is 2.25. The molecule has 28 heavy (non-hydrogen) atoms. The zero-order valence-electron chi connectivity index (χ0n) is 16.1. The van der Waals surface area contributed by atoms with E-state index in [9.17, 15) is 14.4 Å². The Kier molecular flexibility index (Phi) is 6.66. The maximum atomic E-state index is 12.3. The Balaban J connectivity index is 1.43. The molecule has 1 amide bonds. The number of carbonyl (C=O) groups is 2. The van der Waals surface area contributed by atoms with Crippen molar-refractivity contribution in [3.63, 3.8) is 0 Å². The second kappa shape index (κ2) is 9.18. The normalized spacial score (nSPS) is 19.4. The van der Waals surface area contributed by atoms with Gasteiger partial charge in [0.05, 0.1) is 17.8 Å². The summed E-state index contributed by atoms with van der Waals surface area (Å²) in [6.07, 6.45) is 4.14. The van der Waals surface area contributed by atoms with E-state index in [0.29, 0.717) is 5.92 Å². The van der Waals surface area contributed by atoms with Crippen LogP contribution in [0.5, 0.6) is 0 Å². The van der Waals surface area contributed by atoms with Crippen molar-refractivity contribution >= 4 is 23.2 Å². The highest BCUT2D eigenvalue weighted by atomic mass is 32.1. The van der Waals surface area contributed by atoms with E-state index in [1.54, 1.807) is 18.0 Å². The van der Waals surface area contributed by atoms with Crippen LogP contribution in [0.25, 0.3) is 10.8 Å². The van der Waals surface area contributed by atoms with Gasteiger partial charge in [0.25, 0.3) is 11.8 Å². The third kappa shape index (κ3) is 5.09. The first kappa shape index (κ1) is 20.3. The Bertz CT molecular complexity index is 849. The number of aryl methyl sites for hydroxylation is 1. The van der Waals surface area contributed by atoms with Crippen molar-refractivity contribution in [1.29, 1.82) is 0 Å². The minimum atomic E-state index is -0.626. The number of thiophene rings is 1. The van der Waals surface area contributed by atoms with Crippen LogP contribution in [-0.4, -0.2) is 46.3 Å². The van der Waals surface area contributed by atoms with Gasteiger partial charge in [-0.2, -0.15) is 4.68 Å². The third-order valence-electron chi connectivity index (χ3n) is 5.15. The smallest absolute Gasteiger partial charge is 0.437 e. The number of carbonyl (C=O) groups excluding carboxylic acids is 2. The summed E-state index contributed by atoms with van der Waals surface area (Å²) in [6.45, 7) is 1.98. The first-order chi connectivity index (χ1) is 13.4. The number of rotatable bonds is 7. The van der Waals surface area contributed by atoms with Crippen LogP contribution in [0.4, 0.5) is 0 Å². The van der Waals surface area contributed by atoms with E-state index < -0.39 is 11.7 Å². The first-order valence-corrected chi connectivity index (χ1v) is 10.3. The molecule has 0 bridgehead atoms. The standard InChI is InChI=1S/C19H25N3O5S/c1-13-5-7-14(8-6-13)21(2)16(23)12-26-17(24)9-10-22-19(25)27-18(20-22)15-4-3-11-28-15/h3-4,11,13-14H,5-10,12H2,1-2H3.